The number of halogens is 5. The predicted octanol–water partition coefficient (Wildman–Crippen LogP) is 3.53. The van der Waals surface area contributed by atoms with Gasteiger partial charge in [0.25, 0.3) is 0 Å². The SMILES string of the molecule is NC(CCCc1ccccc1)C(F)(F)C(F)(F)F. The van der Waals surface area contributed by atoms with Crippen LogP contribution in [-0.2, 0) is 6.42 Å². The largest absolute Gasteiger partial charge is 0.454 e. The van der Waals surface area contributed by atoms with E-state index in [1.54, 1.807) is 30.3 Å². The highest BCUT2D eigenvalue weighted by atomic mass is 19.4. The lowest BCUT2D eigenvalue weighted by molar-refractivity contribution is -0.290. The summed E-state index contributed by atoms with van der Waals surface area (Å²) in [6.45, 7) is 0. The highest BCUT2D eigenvalue weighted by Gasteiger charge is 2.60. The first kappa shape index (κ1) is 14.9. The van der Waals surface area contributed by atoms with Crippen molar-refractivity contribution in [2.24, 2.45) is 5.73 Å². The maximum atomic E-state index is 12.8. The van der Waals surface area contributed by atoms with Gasteiger partial charge in [-0.15, -0.1) is 0 Å². The lowest BCUT2D eigenvalue weighted by Crippen LogP contribution is -2.51. The minimum absolute atomic E-state index is 0.191. The molecule has 0 bridgehead atoms. The maximum Gasteiger partial charge on any atom is 0.454 e. The van der Waals surface area contributed by atoms with Crippen LogP contribution in [0.5, 0.6) is 0 Å². The van der Waals surface area contributed by atoms with E-state index in [4.69, 9.17) is 5.73 Å². The van der Waals surface area contributed by atoms with E-state index in [0.29, 0.717) is 6.42 Å². The Balaban J connectivity index is 2.45. The standard InChI is InChI=1S/C12H14F5N/c13-11(14,12(15,16)17)10(18)8-4-7-9-5-2-1-3-6-9/h1-3,5-6,10H,4,7-8,18H2. The first-order valence-corrected chi connectivity index (χ1v) is 5.49. The fraction of sp³-hybridized carbons (Fsp3) is 0.500. The second-order valence-electron chi connectivity index (χ2n) is 4.11. The third-order valence-electron chi connectivity index (χ3n) is 2.67. The monoisotopic (exact) mass is 267 g/mol. The summed E-state index contributed by atoms with van der Waals surface area (Å²) >= 11 is 0. The summed E-state index contributed by atoms with van der Waals surface area (Å²) < 4.78 is 61.6. The molecule has 0 aliphatic rings. The Morgan fingerprint density at radius 2 is 1.56 bits per heavy atom. The molecular weight excluding hydrogens is 253 g/mol. The van der Waals surface area contributed by atoms with Crippen LogP contribution >= 0.6 is 0 Å². The minimum atomic E-state index is -5.58. The zero-order valence-corrected chi connectivity index (χ0v) is 9.55. The van der Waals surface area contributed by atoms with Crippen molar-refractivity contribution >= 4 is 0 Å². The zero-order valence-electron chi connectivity index (χ0n) is 9.55. The number of nitrogens with two attached hydrogens (primary N) is 1. The van der Waals surface area contributed by atoms with Gasteiger partial charge in [-0.25, -0.2) is 0 Å². The van der Waals surface area contributed by atoms with Crippen LogP contribution in [0.1, 0.15) is 18.4 Å². The van der Waals surface area contributed by atoms with Crippen molar-refractivity contribution in [2.75, 3.05) is 0 Å². The van der Waals surface area contributed by atoms with Crippen LogP contribution in [-0.4, -0.2) is 18.1 Å². The van der Waals surface area contributed by atoms with E-state index in [1.807, 2.05) is 0 Å². The third kappa shape index (κ3) is 3.66. The van der Waals surface area contributed by atoms with E-state index >= 15 is 0 Å². The Morgan fingerprint density at radius 3 is 2.06 bits per heavy atom. The smallest absolute Gasteiger partial charge is 0.322 e. The Bertz CT molecular complexity index is 360. The Labute approximate surface area is 102 Å². The molecule has 0 aromatic heterocycles. The van der Waals surface area contributed by atoms with Gasteiger partial charge in [0.05, 0.1) is 6.04 Å². The summed E-state index contributed by atoms with van der Waals surface area (Å²) in [5, 5.41) is 0. The van der Waals surface area contributed by atoms with Crippen molar-refractivity contribution in [2.45, 2.75) is 37.4 Å². The van der Waals surface area contributed by atoms with Gasteiger partial charge in [0.15, 0.2) is 0 Å². The van der Waals surface area contributed by atoms with Crippen molar-refractivity contribution in [1.29, 1.82) is 0 Å². The van der Waals surface area contributed by atoms with E-state index in [2.05, 4.69) is 0 Å². The van der Waals surface area contributed by atoms with Crippen LogP contribution in [0.4, 0.5) is 22.0 Å². The average molecular weight is 267 g/mol. The molecule has 1 aromatic rings. The fourth-order valence-electron chi connectivity index (χ4n) is 1.56. The van der Waals surface area contributed by atoms with Gasteiger partial charge in [-0.05, 0) is 24.8 Å². The van der Waals surface area contributed by atoms with E-state index < -0.39 is 18.1 Å². The molecule has 1 atom stereocenters. The summed E-state index contributed by atoms with van der Waals surface area (Å²) in [6, 6.07) is 6.73. The Kier molecular flexibility index (Phi) is 4.67. The van der Waals surface area contributed by atoms with Gasteiger partial charge in [0.1, 0.15) is 0 Å². The van der Waals surface area contributed by atoms with Gasteiger partial charge in [-0.2, -0.15) is 22.0 Å². The molecule has 18 heavy (non-hydrogen) atoms. The van der Waals surface area contributed by atoms with Crippen LogP contribution in [0.2, 0.25) is 0 Å². The lowest BCUT2D eigenvalue weighted by Gasteiger charge is -2.25. The molecule has 0 saturated heterocycles. The summed E-state index contributed by atoms with van der Waals surface area (Å²) in [7, 11) is 0. The summed E-state index contributed by atoms with van der Waals surface area (Å²) in [6.07, 6.45) is -5.33. The molecule has 1 rings (SSSR count). The van der Waals surface area contributed by atoms with Gasteiger partial charge in [0.2, 0.25) is 0 Å². The van der Waals surface area contributed by atoms with Crippen molar-refractivity contribution in [3.05, 3.63) is 35.9 Å². The normalized spacial score (nSPS) is 14.6. The van der Waals surface area contributed by atoms with Crippen LogP contribution in [0.25, 0.3) is 0 Å². The second kappa shape index (κ2) is 5.65. The van der Waals surface area contributed by atoms with E-state index in [1.165, 1.54) is 0 Å². The molecule has 0 fully saturated rings. The van der Waals surface area contributed by atoms with Gasteiger partial charge < -0.3 is 5.73 Å². The van der Waals surface area contributed by atoms with Crippen molar-refractivity contribution < 1.29 is 22.0 Å². The van der Waals surface area contributed by atoms with Crippen LogP contribution in [0.15, 0.2) is 30.3 Å². The van der Waals surface area contributed by atoms with Crippen molar-refractivity contribution in [3.8, 4) is 0 Å². The van der Waals surface area contributed by atoms with Crippen LogP contribution in [0, 0.1) is 0 Å². The summed E-state index contributed by atoms with van der Waals surface area (Å²) in [5.41, 5.74) is 5.82. The molecule has 0 heterocycles. The number of aryl methyl sites for hydroxylation is 1. The molecule has 0 aliphatic carbocycles. The number of benzene rings is 1. The lowest BCUT2D eigenvalue weighted by atomic mass is 10.0. The van der Waals surface area contributed by atoms with E-state index in [-0.39, 0.29) is 12.8 Å². The van der Waals surface area contributed by atoms with E-state index in [9.17, 15) is 22.0 Å². The molecule has 102 valence electrons. The van der Waals surface area contributed by atoms with E-state index in [0.717, 1.165) is 5.56 Å². The maximum absolute atomic E-state index is 12.8. The van der Waals surface area contributed by atoms with Crippen LogP contribution in [0.3, 0.4) is 0 Å². The number of rotatable bonds is 5. The Morgan fingerprint density at radius 1 is 1.00 bits per heavy atom. The molecule has 2 N–H and O–H groups in total. The average Bonchev–Trinajstić information content (AvgIpc) is 2.28. The molecule has 0 amide bonds. The summed E-state index contributed by atoms with van der Waals surface area (Å²) in [4.78, 5) is 0. The topological polar surface area (TPSA) is 26.0 Å². The second-order valence-corrected chi connectivity index (χ2v) is 4.11. The van der Waals surface area contributed by atoms with Gasteiger partial charge in [-0.3, -0.25) is 0 Å². The third-order valence-corrected chi connectivity index (χ3v) is 2.67. The molecular formula is C12H14F5N. The molecule has 0 saturated carbocycles. The molecule has 0 radical (unpaired) electrons. The predicted molar refractivity (Wildman–Crippen MR) is 58.4 cm³/mol. The van der Waals surface area contributed by atoms with Crippen molar-refractivity contribution in [3.63, 3.8) is 0 Å². The van der Waals surface area contributed by atoms with Gasteiger partial charge in [-0.1, -0.05) is 30.3 Å². The first-order chi connectivity index (χ1) is 8.25. The molecule has 1 unspecified atom stereocenters. The molecule has 1 aromatic carbocycles. The zero-order chi connectivity index (χ0) is 13.8. The number of alkyl halides is 5. The summed E-state index contributed by atoms with van der Waals surface area (Å²) in [5.74, 6) is -4.83. The molecule has 0 aliphatic heterocycles. The molecule has 1 nitrogen and oxygen atoms in total. The fourth-order valence-corrected chi connectivity index (χ4v) is 1.56. The quantitative estimate of drug-likeness (QED) is 0.811. The van der Waals surface area contributed by atoms with Gasteiger partial charge >= 0.3 is 12.1 Å². The number of hydrogen-bond donors (Lipinski definition) is 1. The first-order valence-electron chi connectivity index (χ1n) is 5.49. The molecule has 0 spiro atoms. The number of hydrogen-bond acceptors (Lipinski definition) is 1. The highest BCUT2D eigenvalue weighted by molar-refractivity contribution is 5.14. The molecule has 6 heteroatoms. The Hall–Kier alpha value is -1.17. The van der Waals surface area contributed by atoms with Crippen LogP contribution < -0.4 is 5.73 Å². The van der Waals surface area contributed by atoms with Gasteiger partial charge in [0, 0.05) is 0 Å². The van der Waals surface area contributed by atoms with Crippen molar-refractivity contribution in [1.82, 2.24) is 0 Å². The minimum Gasteiger partial charge on any atom is -0.322 e. The highest BCUT2D eigenvalue weighted by Crippen LogP contribution is 2.38.